The zero-order chi connectivity index (χ0) is 11.4. The Morgan fingerprint density at radius 1 is 1.29 bits per heavy atom. The molecule has 1 atom stereocenters. The van der Waals surface area contributed by atoms with Crippen LogP contribution in [0.15, 0.2) is 0 Å². The molecule has 1 amide bonds. The highest BCUT2D eigenvalue weighted by Gasteiger charge is 2.29. The second-order valence-corrected chi connectivity index (χ2v) is 3.02. The summed E-state index contributed by atoms with van der Waals surface area (Å²) in [4.78, 5) is 21.4. The van der Waals surface area contributed by atoms with E-state index in [2.05, 4.69) is 5.32 Å². The van der Waals surface area contributed by atoms with Gasteiger partial charge in [0.2, 0.25) is 5.91 Å². The summed E-state index contributed by atoms with van der Waals surface area (Å²) in [6.45, 7) is 2.31. The molecule has 0 aliphatic rings. The van der Waals surface area contributed by atoms with Gasteiger partial charge in [0.05, 0.1) is 6.04 Å². The number of alkyl halides is 3. The second-order valence-electron chi connectivity index (χ2n) is 3.02. The number of nitrogens with one attached hydrogen (secondary N) is 1. The maximum Gasteiger partial charge on any atom is 0.389 e. The van der Waals surface area contributed by atoms with Gasteiger partial charge >= 0.3 is 6.18 Å². The number of halogens is 3. The average Bonchev–Trinajstić information content (AvgIpc) is 1.94. The molecule has 0 fully saturated rings. The van der Waals surface area contributed by atoms with Gasteiger partial charge in [-0.25, -0.2) is 0 Å². The molecular formula is C8H12F3NO2. The number of Topliss-reactive ketones (excluding diaryl/α,β-unsaturated/α-hetero) is 1. The average molecular weight is 211 g/mol. The maximum atomic E-state index is 11.8. The number of carbonyl (C=O) groups is 2. The molecule has 0 aromatic carbocycles. The van der Waals surface area contributed by atoms with Gasteiger partial charge in [0, 0.05) is 13.3 Å². The molecule has 1 N–H and O–H groups in total. The number of amides is 1. The fraction of sp³-hybridized carbons (Fsp3) is 0.750. The summed E-state index contributed by atoms with van der Waals surface area (Å²) < 4.78 is 35.4. The molecule has 0 bridgehead atoms. The van der Waals surface area contributed by atoms with Gasteiger partial charge in [0.1, 0.15) is 0 Å². The Morgan fingerprint density at radius 3 is 2.07 bits per heavy atom. The molecule has 6 heteroatoms. The third-order valence-corrected chi connectivity index (χ3v) is 1.58. The third-order valence-electron chi connectivity index (χ3n) is 1.58. The quantitative estimate of drug-likeness (QED) is 0.764. The topological polar surface area (TPSA) is 46.2 Å². The predicted octanol–water partition coefficient (Wildman–Crippen LogP) is 1.42. The molecule has 0 aromatic rings. The van der Waals surface area contributed by atoms with Crippen molar-refractivity contribution in [2.45, 2.75) is 38.9 Å². The van der Waals surface area contributed by atoms with Gasteiger partial charge in [-0.05, 0) is 13.3 Å². The molecule has 0 rings (SSSR count). The van der Waals surface area contributed by atoms with Crippen LogP contribution in [0, 0.1) is 0 Å². The lowest BCUT2D eigenvalue weighted by molar-refractivity contribution is -0.140. The van der Waals surface area contributed by atoms with E-state index in [0.29, 0.717) is 0 Å². The molecule has 0 aromatic heterocycles. The summed E-state index contributed by atoms with van der Waals surface area (Å²) in [7, 11) is 0. The Morgan fingerprint density at radius 2 is 1.79 bits per heavy atom. The van der Waals surface area contributed by atoms with Gasteiger partial charge in [-0.3, -0.25) is 9.59 Å². The summed E-state index contributed by atoms with van der Waals surface area (Å²) >= 11 is 0. The lowest BCUT2D eigenvalue weighted by atomic mass is 10.1. The van der Waals surface area contributed by atoms with Crippen LogP contribution in [-0.2, 0) is 9.59 Å². The molecule has 0 saturated carbocycles. The summed E-state index contributed by atoms with van der Waals surface area (Å²) in [5.41, 5.74) is 0. The molecule has 0 heterocycles. The highest BCUT2D eigenvalue weighted by Crippen LogP contribution is 2.22. The summed E-state index contributed by atoms with van der Waals surface area (Å²) in [6, 6.07) is -1.03. The van der Waals surface area contributed by atoms with Crippen molar-refractivity contribution >= 4 is 11.7 Å². The van der Waals surface area contributed by atoms with Crippen LogP contribution in [-0.4, -0.2) is 23.9 Å². The van der Waals surface area contributed by atoms with E-state index in [0.717, 1.165) is 13.8 Å². The smallest absolute Gasteiger partial charge is 0.347 e. The molecule has 14 heavy (non-hydrogen) atoms. The van der Waals surface area contributed by atoms with Crippen LogP contribution in [0.2, 0.25) is 0 Å². The van der Waals surface area contributed by atoms with Crippen molar-refractivity contribution in [2.75, 3.05) is 0 Å². The van der Waals surface area contributed by atoms with Gasteiger partial charge < -0.3 is 5.32 Å². The van der Waals surface area contributed by atoms with E-state index in [1.807, 2.05) is 0 Å². The van der Waals surface area contributed by atoms with E-state index in [1.54, 1.807) is 0 Å². The molecule has 82 valence electrons. The van der Waals surface area contributed by atoms with Crippen molar-refractivity contribution < 1.29 is 22.8 Å². The minimum Gasteiger partial charge on any atom is -0.347 e. The first-order chi connectivity index (χ1) is 6.22. The number of hydrogen-bond donors (Lipinski definition) is 1. The Hall–Kier alpha value is -1.07. The van der Waals surface area contributed by atoms with Crippen molar-refractivity contribution in [3.05, 3.63) is 0 Å². The Balaban J connectivity index is 4.11. The SMILES string of the molecule is CC(=O)NC(CCC(F)(F)F)C(C)=O. The van der Waals surface area contributed by atoms with E-state index in [1.165, 1.54) is 0 Å². The molecule has 0 aliphatic carbocycles. The summed E-state index contributed by atoms with van der Waals surface area (Å²) in [6.07, 6.45) is -5.78. The van der Waals surface area contributed by atoms with E-state index in [-0.39, 0.29) is 0 Å². The van der Waals surface area contributed by atoms with Crippen molar-refractivity contribution in [2.24, 2.45) is 0 Å². The number of rotatable bonds is 4. The number of carbonyl (C=O) groups excluding carboxylic acids is 2. The van der Waals surface area contributed by atoms with Crippen LogP contribution in [0.4, 0.5) is 13.2 Å². The zero-order valence-electron chi connectivity index (χ0n) is 7.94. The Bertz CT molecular complexity index is 225. The van der Waals surface area contributed by atoms with Gasteiger partial charge in [-0.1, -0.05) is 0 Å². The fourth-order valence-corrected chi connectivity index (χ4v) is 0.930. The number of hydrogen-bond acceptors (Lipinski definition) is 2. The van der Waals surface area contributed by atoms with E-state index < -0.39 is 36.8 Å². The molecule has 3 nitrogen and oxygen atoms in total. The van der Waals surface area contributed by atoms with Gasteiger partial charge in [0.25, 0.3) is 0 Å². The molecule has 0 spiro atoms. The first kappa shape index (κ1) is 12.9. The fourth-order valence-electron chi connectivity index (χ4n) is 0.930. The van der Waals surface area contributed by atoms with Crippen molar-refractivity contribution in [3.63, 3.8) is 0 Å². The van der Waals surface area contributed by atoms with Crippen molar-refractivity contribution in [1.29, 1.82) is 0 Å². The van der Waals surface area contributed by atoms with Gasteiger partial charge in [0.15, 0.2) is 5.78 Å². The first-order valence-corrected chi connectivity index (χ1v) is 4.06. The third kappa shape index (κ3) is 6.45. The van der Waals surface area contributed by atoms with Crippen LogP contribution in [0.25, 0.3) is 0 Å². The molecule has 0 saturated heterocycles. The van der Waals surface area contributed by atoms with Gasteiger partial charge in [-0.15, -0.1) is 0 Å². The summed E-state index contributed by atoms with van der Waals surface area (Å²) in [5, 5.41) is 2.16. The standard InChI is InChI=1S/C8H12F3NO2/c1-5(13)7(12-6(2)14)3-4-8(9,10)11/h7H,3-4H2,1-2H3,(H,12,14). The predicted molar refractivity (Wildman–Crippen MR) is 43.6 cm³/mol. The molecule has 0 radical (unpaired) electrons. The molecular weight excluding hydrogens is 199 g/mol. The van der Waals surface area contributed by atoms with Gasteiger partial charge in [-0.2, -0.15) is 13.2 Å². The lowest BCUT2D eigenvalue weighted by Gasteiger charge is -2.15. The second kappa shape index (κ2) is 4.97. The van der Waals surface area contributed by atoms with Crippen LogP contribution in [0.3, 0.4) is 0 Å². The molecule has 1 unspecified atom stereocenters. The van der Waals surface area contributed by atoms with Crippen molar-refractivity contribution in [1.82, 2.24) is 5.32 Å². The largest absolute Gasteiger partial charge is 0.389 e. The monoisotopic (exact) mass is 211 g/mol. The van der Waals surface area contributed by atoms with Crippen LogP contribution < -0.4 is 5.32 Å². The Labute approximate surface area is 79.7 Å². The normalized spacial score (nSPS) is 13.5. The summed E-state index contributed by atoms with van der Waals surface area (Å²) in [5.74, 6) is -0.975. The van der Waals surface area contributed by atoms with Crippen LogP contribution in [0.1, 0.15) is 26.7 Å². The highest BCUT2D eigenvalue weighted by molar-refractivity contribution is 5.86. The lowest BCUT2D eigenvalue weighted by Crippen LogP contribution is -2.39. The van der Waals surface area contributed by atoms with E-state index in [4.69, 9.17) is 0 Å². The minimum atomic E-state index is -4.30. The maximum absolute atomic E-state index is 11.8. The first-order valence-electron chi connectivity index (χ1n) is 4.06. The zero-order valence-corrected chi connectivity index (χ0v) is 7.94. The number of ketones is 1. The molecule has 0 aliphatic heterocycles. The van der Waals surface area contributed by atoms with Crippen LogP contribution in [0.5, 0.6) is 0 Å². The Kier molecular flexibility index (Phi) is 4.59. The van der Waals surface area contributed by atoms with E-state index >= 15 is 0 Å². The van der Waals surface area contributed by atoms with E-state index in [9.17, 15) is 22.8 Å². The van der Waals surface area contributed by atoms with Crippen molar-refractivity contribution in [3.8, 4) is 0 Å². The highest BCUT2D eigenvalue weighted by atomic mass is 19.4. The minimum absolute atomic E-state index is 0.404. The van der Waals surface area contributed by atoms with Crippen LogP contribution >= 0.6 is 0 Å².